The van der Waals surface area contributed by atoms with Crippen LogP contribution in [0.4, 0.5) is 0 Å². The molecule has 1 heterocycles. The number of hydrogen-bond donors (Lipinski definition) is 1. The van der Waals surface area contributed by atoms with Crippen LogP contribution in [-0.2, 0) is 6.54 Å². The lowest BCUT2D eigenvalue weighted by atomic mass is 10.2. The maximum Gasteiger partial charge on any atom is 0.0650 e. The SMILES string of the molecule is [N-]=[N+]=NCc1ccc2[nH]ncc2c1. The first kappa shape index (κ1) is 7.64. The molecule has 0 saturated carbocycles. The van der Waals surface area contributed by atoms with Crippen LogP contribution < -0.4 is 0 Å². The van der Waals surface area contributed by atoms with Gasteiger partial charge >= 0.3 is 0 Å². The zero-order valence-electron chi connectivity index (χ0n) is 6.81. The molecule has 2 aromatic rings. The molecule has 0 spiro atoms. The second kappa shape index (κ2) is 3.16. The van der Waals surface area contributed by atoms with Crippen LogP contribution in [-0.4, -0.2) is 10.2 Å². The maximum atomic E-state index is 8.14. The molecule has 5 nitrogen and oxygen atoms in total. The number of fused-ring (bicyclic) bond motifs is 1. The van der Waals surface area contributed by atoms with E-state index in [9.17, 15) is 0 Å². The molecule has 0 fully saturated rings. The highest BCUT2D eigenvalue weighted by Gasteiger charge is 1.96. The Morgan fingerprint density at radius 2 is 2.46 bits per heavy atom. The van der Waals surface area contributed by atoms with Crippen molar-refractivity contribution in [3.05, 3.63) is 40.4 Å². The van der Waals surface area contributed by atoms with Crippen LogP contribution in [0.2, 0.25) is 0 Å². The third-order valence-corrected chi connectivity index (χ3v) is 1.82. The number of benzene rings is 1. The van der Waals surface area contributed by atoms with Gasteiger partial charge in [-0.25, -0.2) is 0 Å². The lowest BCUT2D eigenvalue weighted by Crippen LogP contribution is -1.78. The predicted molar refractivity (Wildman–Crippen MR) is 48.9 cm³/mol. The Labute approximate surface area is 74.0 Å². The summed E-state index contributed by atoms with van der Waals surface area (Å²) in [7, 11) is 0. The van der Waals surface area contributed by atoms with Crippen LogP contribution >= 0.6 is 0 Å². The maximum absolute atomic E-state index is 8.14. The quantitative estimate of drug-likeness (QED) is 0.422. The first-order valence-corrected chi connectivity index (χ1v) is 3.83. The Hall–Kier alpha value is -2.00. The first-order chi connectivity index (χ1) is 6.40. The second-order valence-corrected chi connectivity index (χ2v) is 2.68. The van der Waals surface area contributed by atoms with Crippen LogP contribution in [0.3, 0.4) is 0 Å². The molecule has 0 saturated heterocycles. The van der Waals surface area contributed by atoms with Gasteiger partial charge in [0.1, 0.15) is 0 Å². The fraction of sp³-hybridized carbons (Fsp3) is 0.125. The Kier molecular flexibility index (Phi) is 1.86. The van der Waals surface area contributed by atoms with E-state index >= 15 is 0 Å². The average molecular weight is 173 g/mol. The summed E-state index contributed by atoms with van der Waals surface area (Å²) in [5, 5.41) is 11.3. The van der Waals surface area contributed by atoms with Gasteiger partial charge in [-0.15, -0.1) is 0 Å². The van der Waals surface area contributed by atoms with Gasteiger partial charge < -0.3 is 0 Å². The van der Waals surface area contributed by atoms with Crippen molar-refractivity contribution < 1.29 is 0 Å². The van der Waals surface area contributed by atoms with Gasteiger partial charge in [-0.3, -0.25) is 5.10 Å². The lowest BCUT2D eigenvalue weighted by molar-refractivity contribution is 1.05. The molecule has 0 atom stereocenters. The number of H-pyrrole nitrogens is 1. The van der Waals surface area contributed by atoms with Crippen LogP contribution in [0.5, 0.6) is 0 Å². The summed E-state index contributed by atoms with van der Waals surface area (Å²) in [5.41, 5.74) is 10.1. The number of azide groups is 1. The second-order valence-electron chi connectivity index (χ2n) is 2.68. The number of nitrogens with one attached hydrogen (secondary N) is 1. The van der Waals surface area contributed by atoms with Gasteiger partial charge in [-0.2, -0.15) is 5.10 Å². The molecule has 0 radical (unpaired) electrons. The molecule has 0 aliphatic carbocycles. The molecule has 64 valence electrons. The molecular weight excluding hydrogens is 166 g/mol. The fourth-order valence-corrected chi connectivity index (χ4v) is 1.20. The van der Waals surface area contributed by atoms with Crippen molar-refractivity contribution in [1.29, 1.82) is 0 Å². The zero-order chi connectivity index (χ0) is 9.10. The number of rotatable bonds is 2. The van der Waals surface area contributed by atoms with Crippen molar-refractivity contribution in [2.45, 2.75) is 6.54 Å². The topological polar surface area (TPSA) is 77.4 Å². The average Bonchev–Trinajstić information content (AvgIpc) is 2.61. The molecular formula is C8H7N5. The van der Waals surface area contributed by atoms with E-state index in [1.165, 1.54) is 0 Å². The molecule has 1 aromatic carbocycles. The minimum absolute atomic E-state index is 0.387. The molecule has 0 aliphatic heterocycles. The molecule has 1 aromatic heterocycles. The van der Waals surface area contributed by atoms with Crippen molar-refractivity contribution in [3.63, 3.8) is 0 Å². The van der Waals surface area contributed by atoms with Gasteiger partial charge in [0.25, 0.3) is 0 Å². The van der Waals surface area contributed by atoms with E-state index in [0.717, 1.165) is 16.5 Å². The van der Waals surface area contributed by atoms with E-state index < -0.39 is 0 Å². The third-order valence-electron chi connectivity index (χ3n) is 1.82. The highest BCUT2D eigenvalue weighted by Crippen LogP contribution is 2.13. The summed E-state index contributed by atoms with van der Waals surface area (Å²) in [6.07, 6.45) is 1.74. The molecule has 13 heavy (non-hydrogen) atoms. The van der Waals surface area contributed by atoms with Gasteiger partial charge in [0, 0.05) is 10.3 Å². The van der Waals surface area contributed by atoms with Gasteiger partial charge in [0.2, 0.25) is 0 Å². The van der Waals surface area contributed by atoms with E-state index in [1.54, 1.807) is 6.20 Å². The van der Waals surface area contributed by atoms with Gasteiger partial charge in [0.05, 0.1) is 18.3 Å². The normalized spacial score (nSPS) is 9.85. The van der Waals surface area contributed by atoms with Crippen LogP contribution in [0, 0.1) is 0 Å². The minimum Gasteiger partial charge on any atom is -0.278 e. The van der Waals surface area contributed by atoms with Crippen molar-refractivity contribution >= 4 is 10.9 Å². The highest BCUT2D eigenvalue weighted by atomic mass is 15.1. The van der Waals surface area contributed by atoms with Crippen molar-refractivity contribution in [2.75, 3.05) is 0 Å². The minimum atomic E-state index is 0.387. The molecule has 0 amide bonds. The van der Waals surface area contributed by atoms with Crippen LogP contribution in [0.25, 0.3) is 21.3 Å². The largest absolute Gasteiger partial charge is 0.278 e. The standard InChI is InChI=1S/C8H7N5/c9-13-11-4-6-1-2-8-7(3-6)5-10-12-8/h1-3,5H,4H2,(H,10,12). The molecule has 5 heteroatoms. The Morgan fingerprint density at radius 1 is 1.54 bits per heavy atom. The van der Waals surface area contributed by atoms with Gasteiger partial charge in [-0.1, -0.05) is 11.2 Å². The van der Waals surface area contributed by atoms with E-state index in [2.05, 4.69) is 20.2 Å². The smallest absolute Gasteiger partial charge is 0.0650 e. The Bertz CT molecular complexity index is 466. The zero-order valence-corrected chi connectivity index (χ0v) is 6.81. The first-order valence-electron chi connectivity index (χ1n) is 3.83. The summed E-state index contributed by atoms with van der Waals surface area (Å²) in [6, 6.07) is 5.78. The molecule has 0 bridgehead atoms. The van der Waals surface area contributed by atoms with E-state index in [-0.39, 0.29) is 0 Å². The number of hydrogen-bond acceptors (Lipinski definition) is 2. The van der Waals surface area contributed by atoms with E-state index in [0.29, 0.717) is 6.54 Å². The summed E-state index contributed by atoms with van der Waals surface area (Å²) in [6.45, 7) is 0.387. The number of aromatic amines is 1. The predicted octanol–water partition coefficient (Wildman–Crippen LogP) is 2.37. The Balaban J connectivity index is 2.42. The van der Waals surface area contributed by atoms with E-state index in [4.69, 9.17) is 5.53 Å². The van der Waals surface area contributed by atoms with Crippen LogP contribution in [0.15, 0.2) is 29.5 Å². The number of nitrogens with zero attached hydrogens (tertiary/aromatic N) is 4. The summed E-state index contributed by atoms with van der Waals surface area (Å²) in [5.74, 6) is 0. The fourth-order valence-electron chi connectivity index (χ4n) is 1.20. The van der Waals surface area contributed by atoms with Crippen molar-refractivity contribution in [3.8, 4) is 0 Å². The molecule has 2 rings (SSSR count). The van der Waals surface area contributed by atoms with Crippen LogP contribution in [0.1, 0.15) is 5.56 Å². The number of aromatic nitrogens is 2. The molecule has 1 N–H and O–H groups in total. The van der Waals surface area contributed by atoms with Gasteiger partial charge in [-0.05, 0) is 23.2 Å². The third kappa shape index (κ3) is 1.45. The summed E-state index contributed by atoms with van der Waals surface area (Å²) in [4.78, 5) is 2.70. The Morgan fingerprint density at radius 3 is 3.31 bits per heavy atom. The summed E-state index contributed by atoms with van der Waals surface area (Å²) < 4.78 is 0. The van der Waals surface area contributed by atoms with E-state index in [1.807, 2.05) is 18.2 Å². The van der Waals surface area contributed by atoms with Crippen molar-refractivity contribution in [1.82, 2.24) is 10.2 Å². The molecule has 0 unspecified atom stereocenters. The lowest BCUT2D eigenvalue weighted by Gasteiger charge is -1.94. The highest BCUT2D eigenvalue weighted by molar-refractivity contribution is 5.78. The summed E-state index contributed by atoms with van der Waals surface area (Å²) >= 11 is 0. The monoisotopic (exact) mass is 173 g/mol. The molecule has 0 aliphatic rings. The van der Waals surface area contributed by atoms with Gasteiger partial charge in [0.15, 0.2) is 0 Å². The van der Waals surface area contributed by atoms with Crippen molar-refractivity contribution in [2.24, 2.45) is 5.11 Å².